The van der Waals surface area contributed by atoms with Crippen LogP contribution in [0.3, 0.4) is 0 Å². The van der Waals surface area contributed by atoms with E-state index in [0.29, 0.717) is 12.0 Å². The van der Waals surface area contributed by atoms with Crippen molar-refractivity contribution in [1.29, 1.82) is 0 Å². The minimum atomic E-state index is 0.200. The molecule has 2 fully saturated rings. The molecule has 1 aliphatic heterocycles. The van der Waals surface area contributed by atoms with E-state index in [2.05, 4.69) is 19.2 Å². The molecule has 1 saturated carbocycles. The van der Waals surface area contributed by atoms with E-state index in [1.807, 2.05) is 0 Å². The largest absolute Gasteiger partial charge is 0.369 e. The molecule has 0 amide bonds. The Morgan fingerprint density at radius 3 is 2.57 bits per heavy atom. The molecule has 0 aromatic heterocycles. The smallest absolute Gasteiger partial charge is 0.0810 e. The average molecular weight is 197 g/mol. The first-order chi connectivity index (χ1) is 6.72. The van der Waals surface area contributed by atoms with Crippen molar-refractivity contribution < 1.29 is 4.74 Å². The minimum Gasteiger partial charge on any atom is -0.369 e. The zero-order chi connectivity index (χ0) is 10.0. The Labute approximate surface area is 87.4 Å². The summed E-state index contributed by atoms with van der Waals surface area (Å²) >= 11 is 0. The van der Waals surface area contributed by atoms with Crippen LogP contribution < -0.4 is 5.32 Å². The van der Waals surface area contributed by atoms with Crippen molar-refractivity contribution in [2.45, 2.75) is 57.7 Å². The van der Waals surface area contributed by atoms with Gasteiger partial charge in [0.1, 0.15) is 0 Å². The minimum absolute atomic E-state index is 0.200. The maximum atomic E-state index is 6.31. The Balaban J connectivity index is 1.97. The zero-order valence-corrected chi connectivity index (χ0v) is 9.51. The van der Waals surface area contributed by atoms with Gasteiger partial charge in [0.2, 0.25) is 0 Å². The van der Waals surface area contributed by atoms with Gasteiger partial charge < -0.3 is 10.1 Å². The molecule has 0 aromatic carbocycles. The summed E-state index contributed by atoms with van der Waals surface area (Å²) in [5.74, 6) is 0.640. The molecule has 1 spiro atoms. The predicted octanol–water partition coefficient (Wildman–Crippen LogP) is 2.33. The quantitative estimate of drug-likeness (QED) is 0.696. The van der Waals surface area contributed by atoms with Crippen LogP contribution in [0.2, 0.25) is 0 Å². The van der Waals surface area contributed by atoms with Gasteiger partial charge in [-0.25, -0.2) is 0 Å². The van der Waals surface area contributed by atoms with E-state index < -0.39 is 0 Å². The van der Waals surface area contributed by atoms with E-state index in [1.165, 1.54) is 32.1 Å². The molecule has 0 aromatic rings. The van der Waals surface area contributed by atoms with Gasteiger partial charge in [-0.2, -0.15) is 0 Å². The molecule has 2 nitrogen and oxygen atoms in total. The summed E-state index contributed by atoms with van der Waals surface area (Å²) in [4.78, 5) is 0. The fourth-order valence-corrected chi connectivity index (χ4v) is 2.71. The molecule has 1 saturated heterocycles. The van der Waals surface area contributed by atoms with Crippen LogP contribution >= 0.6 is 0 Å². The van der Waals surface area contributed by atoms with Crippen molar-refractivity contribution in [2.24, 2.45) is 5.92 Å². The molecule has 2 aliphatic rings. The van der Waals surface area contributed by atoms with Gasteiger partial charge >= 0.3 is 0 Å². The van der Waals surface area contributed by atoms with E-state index in [4.69, 9.17) is 4.74 Å². The molecule has 1 atom stereocenters. The monoisotopic (exact) mass is 197 g/mol. The van der Waals surface area contributed by atoms with Gasteiger partial charge in [0.05, 0.1) is 11.7 Å². The van der Waals surface area contributed by atoms with Crippen LogP contribution in [0.15, 0.2) is 0 Å². The van der Waals surface area contributed by atoms with Gasteiger partial charge in [-0.1, -0.05) is 33.1 Å². The number of ether oxygens (including phenoxy) is 1. The number of hydrogen-bond donors (Lipinski definition) is 1. The van der Waals surface area contributed by atoms with E-state index in [9.17, 15) is 0 Å². The highest BCUT2D eigenvalue weighted by molar-refractivity contribution is 4.92. The fourth-order valence-electron chi connectivity index (χ4n) is 2.71. The van der Waals surface area contributed by atoms with Crippen LogP contribution in [0.4, 0.5) is 0 Å². The number of hydrogen-bond acceptors (Lipinski definition) is 2. The van der Waals surface area contributed by atoms with Gasteiger partial charge in [0.25, 0.3) is 0 Å². The lowest BCUT2D eigenvalue weighted by molar-refractivity contribution is -0.147. The average Bonchev–Trinajstić information content (AvgIpc) is 2.19. The molecule has 1 aliphatic carbocycles. The van der Waals surface area contributed by atoms with Gasteiger partial charge in [-0.15, -0.1) is 0 Å². The molecule has 1 N–H and O–H groups in total. The Morgan fingerprint density at radius 2 is 1.93 bits per heavy atom. The molecule has 14 heavy (non-hydrogen) atoms. The molecule has 2 heteroatoms. The van der Waals surface area contributed by atoms with Crippen LogP contribution in [-0.2, 0) is 4.74 Å². The second-order valence-electron chi connectivity index (χ2n) is 5.27. The Bertz CT molecular complexity index is 179. The van der Waals surface area contributed by atoms with E-state index >= 15 is 0 Å². The van der Waals surface area contributed by atoms with Crippen LogP contribution in [0.25, 0.3) is 0 Å². The van der Waals surface area contributed by atoms with Crippen LogP contribution in [0.1, 0.15) is 46.0 Å². The van der Waals surface area contributed by atoms with Gasteiger partial charge in [0.15, 0.2) is 0 Å². The summed E-state index contributed by atoms with van der Waals surface area (Å²) in [7, 11) is 0. The Kier molecular flexibility index (Phi) is 3.13. The second-order valence-corrected chi connectivity index (χ2v) is 5.27. The van der Waals surface area contributed by atoms with E-state index in [-0.39, 0.29) is 5.60 Å². The van der Waals surface area contributed by atoms with Crippen molar-refractivity contribution in [1.82, 2.24) is 5.32 Å². The van der Waals surface area contributed by atoms with Crippen LogP contribution in [0.5, 0.6) is 0 Å². The molecule has 1 unspecified atom stereocenters. The number of morpholine rings is 1. The third-order valence-corrected chi connectivity index (χ3v) is 3.70. The summed E-state index contributed by atoms with van der Waals surface area (Å²) in [5, 5.41) is 3.55. The highest BCUT2D eigenvalue weighted by Crippen LogP contribution is 2.34. The van der Waals surface area contributed by atoms with Crippen molar-refractivity contribution in [3.8, 4) is 0 Å². The van der Waals surface area contributed by atoms with Gasteiger partial charge in [-0.05, 0) is 18.8 Å². The van der Waals surface area contributed by atoms with Crippen molar-refractivity contribution >= 4 is 0 Å². The third kappa shape index (κ3) is 2.12. The Morgan fingerprint density at radius 1 is 1.21 bits per heavy atom. The summed E-state index contributed by atoms with van der Waals surface area (Å²) in [5.41, 5.74) is 0.200. The fraction of sp³-hybridized carbons (Fsp3) is 1.00. The van der Waals surface area contributed by atoms with Crippen LogP contribution in [-0.4, -0.2) is 24.8 Å². The molecule has 0 bridgehead atoms. The first-order valence-corrected chi connectivity index (χ1v) is 6.10. The molecule has 0 radical (unpaired) electrons. The van der Waals surface area contributed by atoms with Crippen molar-refractivity contribution in [3.05, 3.63) is 0 Å². The number of rotatable bonds is 1. The first kappa shape index (κ1) is 10.4. The standard InChI is InChI=1S/C12H23NO/c1-10(2)11-8-13-9-12(14-11)6-4-3-5-7-12/h10-11,13H,3-9H2,1-2H3. The van der Waals surface area contributed by atoms with Crippen molar-refractivity contribution in [3.63, 3.8) is 0 Å². The molecule has 82 valence electrons. The number of nitrogens with one attached hydrogen (secondary N) is 1. The predicted molar refractivity (Wildman–Crippen MR) is 58.4 cm³/mol. The van der Waals surface area contributed by atoms with Gasteiger partial charge in [-0.3, -0.25) is 0 Å². The summed E-state index contributed by atoms with van der Waals surface area (Å²) in [6.45, 7) is 6.64. The maximum Gasteiger partial charge on any atom is 0.0810 e. The molecular formula is C12H23NO. The third-order valence-electron chi connectivity index (χ3n) is 3.70. The lowest BCUT2D eigenvalue weighted by Gasteiger charge is -2.45. The summed E-state index contributed by atoms with van der Waals surface area (Å²) in [6.07, 6.45) is 7.07. The van der Waals surface area contributed by atoms with Gasteiger partial charge in [0, 0.05) is 13.1 Å². The molecule has 2 rings (SSSR count). The van der Waals surface area contributed by atoms with E-state index in [0.717, 1.165) is 13.1 Å². The maximum absolute atomic E-state index is 6.31. The highest BCUT2D eigenvalue weighted by atomic mass is 16.5. The first-order valence-electron chi connectivity index (χ1n) is 6.10. The normalized spacial score (nSPS) is 32.4. The molecule has 1 heterocycles. The highest BCUT2D eigenvalue weighted by Gasteiger charge is 2.38. The Hall–Kier alpha value is -0.0800. The molecular weight excluding hydrogens is 174 g/mol. The lowest BCUT2D eigenvalue weighted by atomic mass is 9.83. The lowest BCUT2D eigenvalue weighted by Crippen LogP contribution is -2.55. The zero-order valence-electron chi connectivity index (χ0n) is 9.51. The SMILES string of the molecule is CC(C)C1CNCC2(CCCCC2)O1. The van der Waals surface area contributed by atoms with Crippen molar-refractivity contribution in [2.75, 3.05) is 13.1 Å². The second kappa shape index (κ2) is 4.19. The summed E-state index contributed by atoms with van der Waals surface area (Å²) < 4.78 is 6.31. The van der Waals surface area contributed by atoms with Crippen LogP contribution in [0, 0.1) is 5.92 Å². The topological polar surface area (TPSA) is 21.3 Å². The van der Waals surface area contributed by atoms with E-state index in [1.54, 1.807) is 0 Å². The summed E-state index contributed by atoms with van der Waals surface area (Å²) in [6, 6.07) is 0.